The van der Waals surface area contributed by atoms with E-state index in [0.29, 0.717) is 0 Å². The second-order valence-corrected chi connectivity index (χ2v) is 11.2. The van der Waals surface area contributed by atoms with Crippen molar-refractivity contribution in [2.45, 2.75) is 11.5 Å². The summed E-state index contributed by atoms with van der Waals surface area (Å²) in [6.07, 6.45) is 0. The van der Waals surface area contributed by atoms with Crippen molar-refractivity contribution in [3.8, 4) is 5.75 Å². The Morgan fingerprint density at radius 1 is 1.25 bits per heavy atom. The van der Waals surface area contributed by atoms with Gasteiger partial charge in [-0.1, -0.05) is 0 Å². The van der Waals surface area contributed by atoms with Gasteiger partial charge in [0.2, 0.25) is 0 Å². The van der Waals surface area contributed by atoms with Crippen LogP contribution in [-0.2, 0) is 0 Å². The SMILES string of the molecule is C=[CH][Ge]([CH3])([CH3])[O]c1ccccc1. The third-order valence-electron chi connectivity index (χ3n) is 1.62. The van der Waals surface area contributed by atoms with Gasteiger partial charge < -0.3 is 0 Å². The molecule has 1 aromatic rings. The van der Waals surface area contributed by atoms with Crippen molar-refractivity contribution in [2.24, 2.45) is 0 Å². The third-order valence-corrected chi connectivity index (χ3v) is 5.28. The molecule has 0 spiro atoms. The minimum absolute atomic E-state index is 0.961. The number of benzene rings is 1. The fraction of sp³-hybridized carbons (Fsp3) is 0.200. The molecule has 2 heteroatoms. The molecule has 0 bridgehead atoms. The fourth-order valence-electron chi connectivity index (χ4n) is 0.834. The van der Waals surface area contributed by atoms with Crippen LogP contribution in [0.5, 0.6) is 5.75 Å². The van der Waals surface area contributed by atoms with Gasteiger partial charge in [0, 0.05) is 0 Å². The molecule has 0 heterocycles. The second kappa shape index (κ2) is 3.81. The van der Waals surface area contributed by atoms with Crippen molar-refractivity contribution < 1.29 is 3.76 Å². The van der Waals surface area contributed by atoms with Crippen LogP contribution in [0.4, 0.5) is 0 Å². The molecule has 1 rings (SSSR count). The summed E-state index contributed by atoms with van der Waals surface area (Å²) in [5, 5.41) is 0. The quantitative estimate of drug-likeness (QED) is 0.715. The Labute approximate surface area is 76.8 Å². The molecule has 0 fully saturated rings. The molecule has 0 unspecified atom stereocenters. The van der Waals surface area contributed by atoms with Gasteiger partial charge in [-0.05, 0) is 0 Å². The molecule has 0 aliphatic carbocycles. The maximum absolute atomic E-state index is 5.82. The van der Waals surface area contributed by atoms with Crippen LogP contribution in [0.15, 0.2) is 41.8 Å². The van der Waals surface area contributed by atoms with Crippen molar-refractivity contribution in [1.29, 1.82) is 0 Å². The molecule has 0 radical (unpaired) electrons. The Morgan fingerprint density at radius 3 is 2.33 bits per heavy atom. The molecular weight excluding hydrogens is 209 g/mol. The van der Waals surface area contributed by atoms with Crippen molar-refractivity contribution >= 4 is 13.6 Å². The summed E-state index contributed by atoms with van der Waals surface area (Å²) in [4.78, 5) is 1.98. The van der Waals surface area contributed by atoms with E-state index in [-0.39, 0.29) is 0 Å². The standard InChI is InChI=1S/C10H14GeO/c1-4-11(2,3)12-10-8-6-5-7-9-10/h4-9H,1H2,2-3H3. The van der Waals surface area contributed by atoms with E-state index in [4.69, 9.17) is 3.76 Å². The molecular formula is C10H14GeO. The number of rotatable bonds is 3. The minimum atomic E-state index is -2.13. The van der Waals surface area contributed by atoms with Gasteiger partial charge in [0.1, 0.15) is 0 Å². The first-order valence-corrected chi connectivity index (χ1v) is 10.3. The first-order valence-electron chi connectivity index (χ1n) is 4.02. The van der Waals surface area contributed by atoms with Crippen LogP contribution in [0, 0.1) is 0 Å². The van der Waals surface area contributed by atoms with Gasteiger partial charge in [0.25, 0.3) is 0 Å². The Balaban J connectivity index is 2.70. The van der Waals surface area contributed by atoms with E-state index in [2.05, 4.69) is 18.1 Å². The van der Waals surface area contributed by atoms with Gasteiger partial charge in [-0.3, -0.25) is 0 Å². The van der Waals surface area contributed by atoms with Gasteiger partial charge in [0.05, 0.1) is 0 Å². The van der Waals surface area contributed by atoms with E-state index in [1.165, 1.54) is 0 Å². The molecule has 0 aromatic heterocycles. The van der Waals surface area contributed by atoms with Crippen molar-refractivity contribution in [3.63, 3.8) is 0 Å². The molecule has 0 saturated carbocycles. The Hall–Kier alpha value is -0.697. The third kappa shape index (κ3) is 2.74. The number of hydrogen-bond acceptors (Lipinski definition) is 1. The normalized spacial score (nSPS) is 10.8. The van der Waals surface area contributed by atoms with Gasteiger partial charge in [0.15, 0.2) is 0 Å². The Bertz CT molecular complexity index is 254. The summed E-state index contributed by atoms with van der Waals surface area (Å²) in [5.74, 6) is 5.29. The van der Waals surface area contributed by atoms with Crippen LogP contribution in [0.2, 0.25) is 11.5 Å². The van der Waals surface area contributed by atoms with Crippen LogP contribution in [0.1, 0.15) is 0 Å². The zero-order chi connectivity index (χ0) is 9.03. The molecule has 0 atom stereocenters. The Kier molecular flexibility index (Phi) is 2.98. The van der Waals surface area contributed by atoms with Gasteiger partial charge >= 0.3 is 76.4 Å². The average molecular weight is 223 g/mol. The van der Waals surface area contributed by atoms with Crippen molar-refractivity contribution in [3.05, 3.63) is 41.8 Å². The maximum atomic E-state index is 5.82. The van der Waals surface area contributed by atoms with Gasteiger partial charge in [-0.25, -0.2) is 0 Å². The average Bonchev–Trinajstić information content (AvgIpc) is 2.06. The molecule has 0 N–H and O–H groups in total. The molecule has 0 saturated heterocycles. The predicted molar refractivity (Wildman–Crippen MR) is 54.7 cm³/mol. The molecule has 1 aromatic carbocycles. The molecule has 0 amide bonds. The summed E-state index contributed by atoms with van der Waals surface area (Å²) in [7, 11) is 0. The fourth-order valence-corrected chi connectivity index (χ4v) is 2.57. The number of hydrogen-bond donors (Lipinski definition) is 0. The van der Waals surface area contributed by atoms with Crippen molar-refractivity contribution in [1.82, 2.24) is 0 Å². The van der Waals surface area contributed by atoms with Gasteiger partial charge in [-0.15, -0.1) is 0 Å². The second-order valence-electron chi connectivity index (χ2n) is 3.22. The zero-order valence-electron chi connectivity index (χ0n) is 7.58. The summed E-state index contributed by atoms with van der Waals surface area (Å²) in [5.41, 5.74) is 0. The van der Waals surface area contributed by atoms with E-state index < -0.39 is 13.6 Å². The number of para-hydroxylation sites is 1. The van der Waals surface area contributed by atoms with Crippen LogP contribution < -0.4 is 3.76 Å². The summed E-state index contributed by atoms with van der Waals surface area (Å²) in [6.45, 7) is 3.79. The monoisotopic (exact) mass is 224 g/mol. The van der Waals surface area contributed by atoms with Gasteiger partial charge in [-0.2, -0.15) is 0 Å². The van der Waals surface area contributed by atoms with Crippen LogP contribution >= 0.6 is 0 Å². The van der Waals surface area contributed by atoms with E-state index in [1.54, 1.807) is 0 Å². The zero-order valence-corrected chi connectivity index (χ0v) is 9.68. The topological polar surface area (TPSA) is 9.23 Å². The van der Waals surface area contributed by atoms with E-state index >= 15 is 0 Å². The first kappa shape index (κ1) is 9.39. The molecule has 0 aliphatic rings. The first-order chi connectivity index (χ1) is 5.64. The predicted octanol–water partition coefficient (Wildman–Crippen LogP) is 3.00. The van der Waals surface area contributed by atoms with E-state index in [9.17, 15) is 0 Å². The van der Waals surface area contributed by atoms with E-state index in [0.717, 1.165) is 5.75 Å². The molecule has 12 heavy (non-hydrogen) atoms. The summed E-state index contributed by atoms with van der Waals surface area (Å²) in [6, 6.07) is 9.92. The van der Waals surface area contributed by atoms with E-state index in [1.807, 2.05) is 35.2 Å². The Morgan fingerprint density at radius 2 is 1.83 bits per heavy atom. The van der Waals surface area contributed by atoms with Crippen molar-refractivity contribution in [2.75, 3.05) is 0 Å². The molecule has 1 nitrogen and oxygen atoms in total. The summed E-state index contributed by atoms with van der Waals surface area (Å²) < 4.78 is 5.82. The van der Waals surface area contributed by atoms with Crippen LogP contribution in [0.25, 0.3) is 0 Å². The molecule has 64 valence electrons. The van der Waals surface area contributed by atoms with Crippen LogP contribution in [-0.4, -0.2) is 13.6 Å². The molecule has 0 aliphatic heterocycles. The summed E-state index contributed by atoms with van der Waals surface area (Å²) >= 11 is -2.13. The van der Waals surface area contributed by atoms with Crippen LogP contribution in [0.3, 0.4) is 0 Å².